The van der Waals surface area contributed by atoms with Gasteiger partial charge in [-0.1, -0.05) is 66.9 Å². The lowest BCUT2D eigenvalue weighted by molar-refractivity contribution is 0.152. The molecule has 1 aliphatic heterocycles. The van der Waals surface area contributed by atoms with Crippen LogP contribution in [0.3, 0.4) is 0 Å². The van der Waals surface area contributed by atoms with Crippen molar-refractivity contribution >= 4 is 0 Å². The topological polar surface area (TPSA) is 6.48 Å². The van der Waals surface area contributed by atoms with Gasteiger partial charge in [0.05, 0.1) is 6.04 Å². The molecule has 1 saturated carbocycles. The zero-order chi connectivity index (χ0) is 30.5. The summed E-state index contributed by atoms with van der Waals surface area (Å²) in [7, 11) is 0. The summed E-state index contributed by atoms with van der Waals surface area (Å²) < 4.78 is 0. The van der Waals surface area contributed by atoms with Crippen molar-refractivity contribution in [3.63, 3.8) is 0 Å². The fourth-order valence-electron chi connectivity index (χ4n) is 12.6. The minimum absolute atomic E-state index is 0.665. The Morgan fingerprint density at radius 2 is 1.57 bits per heavy atom. The first kappa shape index (κ1) is 30.1. The Kier molecular flexibility index (Phi) is 8.62. The molecule has 0 radical (unpaired) electrons. The fraction of sp³-hybridized carbons (Fsp3) is 0.727. The minimum Gasteiger partial charge on any atom is -0.363 e. The monoisotopic (exact) mass is 618 g/mol. The van der Waals surface area contributed by atoms with Crippen molar-refractivity contribution in [3.05, 3.63) is 70.3 Å². The molecule has 0 aromatic rings. The van der Waals surface area contributed by atoms with E-state index in [4.69, 9.17) is 0 Å². The molecule has 9 aliphatic rings. The zero-order valence-corrected chi connectivity index (χ0v) is 28.9. The highest BCUT2D eigenvalue weighted by Gasteiger charge is 2.53. The quantitative estimate of drug-likeness (QED) is 0.283. The van der Waals surface area contributed by atoms with Gasteiger partial charge < -0.3 is 9.80 Å². The number of hydrogen-bond donors (Lipinski definition) is 0. The van der Waals surface area contributed by atoms with Crippen molar-refractivity contribution < 1.29 is 0 Å². The summed E-state index contributed by atoms with van der Waals surface area (Å²) in [5, 5.41) is 0. The number of hydrogen-bond acceptors (Lipinski definition) is 2. The van der Waals surface area contributed by atoms with Gasteiger partial charge in [0.2, 0.25) is 0 Å². The van der Waals surface area contributed by atoms with Crippen LogP contribution in [0.2, 0.25) is 0 Å². The number of allylic oxidation sites excluding steroid dienone is 10. The minimum atomic E-state index is 0.665. The second-order valence-corrected chi connectivity index (χ2v) is 17.1. The van der Waals surface area contributed by atoms with Crippen molar-refractivity contribution in [2.75, 3.05) is 0 Å². The average molecular weight is 619 g/mol. The van der Waals surface area contributed by atoms with Gasteiger partial charge >= 0.3 is 0 Å². The lowest BCUT2D eigenvalue weighted by atomic mass is 9.70. The first-order valence-electron chi connectivity index (χ1n) is 20.6. The molecule has 0 aromatic carbocycles. The summed E-state index contributed by atoms with van der Waals surface area (Å²) in [5.41, 5.74) is 11.2. The average Bonchev–Trinajstić information content (AvgIpc) is 3.48. The van der Waals surface area contributed by atoms with Crippen LogP contribution in [-0.4, -0.2) is 27.9 Å². The fourth-order valence-corrected chi connectivity index (χ4v) is 12.6. The van der Waals surface area contributed by atoms with E-state index in [0.717, 1.165) is 41.7 Å². The molecular formula is C44H62N2. The molecule has 2 nitrogen and oxygen atoms in total. The molecule has 9 rings (SSSR count). The van der Waals surface area contributed by atoms with Gasteiger partial charge in [0.1, 0.15) is 0 Å². The van der Waals surface area contributed by atoms with Crippen LogP contribution in [0.5, 0.6) is 0 Å². The number of likely N-dealkylation sites (tertiary alicyclic amines) is 1. The van der Waals surface area contributed by atoms with Crippen LogP contribution in [0.15, 0.2) is 70.3 Å². The Morgan fingerprint density at radius 3 is 2.43 bits per heavy atom. The smallest absolute Gasteiger partial charge is 0.0540 e. The third-order valence-corrected chi connectivity index (χ3v) is 14.7. The van der Waals surface area contributed by atoms with Gasteiger partial charge in [-0.05, 0) is 164 Å². The standard InChI is InChI=1S/C44H62N2/c1-3-15-36(16-4-1)45(38-27-24-32(25-28-38)35-23-22-31-12-7-8-14-34(31)30-35)42-21-11-20-40-41-29-26-33-13-9-10-19-39(33)43(41)46(44(40)42)37-17-5-2-6-18-37/h1,3,7,12,27,30-32,34,36-37,40-41,43H,2,4-6,8-11,13-26,28-29H2/t31?,32-,34?,36?,40+,41?,43?/m1/s1. The van der Waals surface area contributed by atoms with Gasteiger partial charge in [0, 0.05) is 35.1 Å². The molecule has 248 valence electrons. The molecule has 7 atom stereocenters. The zero-order valence-electron chi connectivity index (χ0n) is 28.9. The third-order valence-electron chi connectivity index (χ3n) is 14.7. The SMILES string of the molecule is C1=CC2CCC([C@@H]3CC=C(N(C4=C5[C@@H](CCC4)C4CCC6=C(CCCC6)C4N5C4CCCCC4)C4CC=CCC4)CC3)=CC2CC1. The summed E-state index contributed by atoms with van der Waals surface area (Å²) in [5.74, 6) is 4.16. The Morgan fingerprint density at radius 1 is 0.652 bits per heavy atom. The Bertz CT molecular complexity index is 1330. The first-order chi connectivity index (χ1) is 22.8. The third kappa shape index (κ3) is 5.44. The molecule has 1 saturated heterocycles. The summed E-state index contributed by atoms with van der Waals surface area (Å²) in [6.07, 6.45) is 48.9. The maximum absolute atomic E-state index is 3.22. The predicted octanol–water partition coefficient (Wildman–Crippen LogP) is 11.7. The maximum Gasteiger partial charge on any atom is 0.0540 e. The van der Waals surface area contributed by atoms with Crippen molar-refractivity contribution in [1.29, 1.82) is 0 Å². The molecule has 46 heavy (non-hydrogen) atoms. The molecular weight excluding hydrogens is 556 g/mol. The van der Waals surface area contributed by atoms with E-state index in [1.165, 1.54) is 154 Å². The lowest BCUT2D eigenvalue weighted by Gasteiger charge is -2.47. The predicted molar refractivity (Wildman–Crippen MR) is 192 cm³/mol. The number of rotatable bonds is 5. The van der Waals surface area contributed by atoms with Crippen LogP contribution in [0, 0.1) is 29.6 Å². The molecule has 8 aliphatic carbocycles. The summed E-state index contributed by atoms with van der Waals surface area (Å²) in [6, 6.07) is 2.20. The van der Waals surface area contributed by atoms with Gasteiger partial charge in [-0.3, -0.25) is 0 Å². The van der Waals surface area contributed by atoms with Crippen molar-refractivity contribution in [3.8, 4) is 0 Å². The van der Waals surface area contributed by atoms with Gasteiger partial charge in [-0.2, -0.15) is 0 Å². The molecule has 0 bridgehead atoms. The number of fused-ring (bicyclic) bond motifs is 5. The lowest BCUT2D eigenvalue weighted by Crippen LogP contribution is -2.45. The van der Waals surface area contributed by atoms with Crippen LogP contribution in [0.25, 0.3) is 0 Å². The van der Waals surface area contributed by atoms with E-state index < -0.39 is 0 Å². The largest absolute Gasteiger partial charge is 0.363 e. The van der Waals surface area contributed by atoms with Gasteiger partial charge in [-0.25, -0.2) is 0 Å². The van der Waals surface area contributed by atoms with Crippen LogP contribution in [0.4, 0.5) is 0 Å². The van der Waals surface area contributed by atoms with Gasteiger partial charge in [0.25, 0.3) is 0 Å². The van der Waals surface area contributed by atoms with E-state index >= 15 is 0 Å². The molecule has 0 aromatic heterocycles. The van der Waals surface area contributed by atoms with Gasteiger partial charge in [0.15, 0.2) is 0 Å². The van der Waals surface area contributed by atoms with Crippen LogP contribution < -0.4 is 0 Å². The van der Waals surface area contributed by atoms with Crippen molar-refractivity contribution in [2.45, 2.75) is 172 Å². The van der Waals surface area contributed by atoms with Gasteiger partial charge in [-0.15, -0.1) is 0 Å². The summed E-state index contributed by atoms with van der Waals surface area (Å²) >= 11 is 0. The first-order valence-corrected chi connectivity index (χ1v) is 20.6. The summed E-state index contributed by atoms with van der Waals surface area (Å²) in [4.78, 5) is 6.30. The second-order valence-electron chi connectivity index (χ2n) is 17.1. The molecule has 0 spiro atoms. The number of nitrogens with zero attached hydrogens (tertiary/aromatic N) is 2. The second kappa shape index (κ2) is 13.2. The molecule has 0 N–H and O–H groups in total. The molecule has 2 fully saturated rings. The Hall–Kier alpha value is -1.96. The van der Waals surface area contributed by atoms with E-state index in [0.29, 0.717) is 6.04 Å². The highest BCUT2D eigenvalue weighted by atomic mass is 15.3. The molecule has 5 unspecified atom stereocenters. The van der Waals surface area contributed by atoms with E-state index in [1.807, 2.05) is 28.1 Å². The Balaban J connectivity index is 1.09. The highest BCUT2D eigenvalue weighted by Crippen LogP contribution is 2.57. The normalized spacial score (nSPS) is 38.1. The Labute approximate surface area is 281 Å². The molecule has 1 heterocycles. The highest BCUT2D eigenvalue weighted by molar-refractivity contribution is 5.39. The van der Waals surface area contributed by atoms with E-state index in [2.05, 4.69) is 46.3 Å². The van der Waals surface area contributed by atoms with E-state index in [1.54, 1.807) is 5.70 Å². The van der Waals surface area contributed by atoms with E-state index in [9.17, 15) is 0 Å². The van der Waals surface area contributed by atoms with E-state index in [-0.39, 0.29) is 0 Å². The van der Waals surface area contributed by atoms with Crippen LogP contribution >= 0.6 is 0 Å². The maximum atomic E-state index is 3.22. The molecule has 2 heteroatoms. The van der Waals surface area contributed by atoms with Crippen molar-refractivity contribution in [2.24, 2.45) is 29.6 Å². The molecule has 0 amide bonds. The van der Waals surface area contributed by atoms with Crippen molar-refractivity contribution in [1.82, 2.24) is 9.80 Å². The summed E-state index contributed by atoms with van der Waals surface area (Å²) in [6.45, 7) is 0. The van der Waals surface area contributed by atoms with Crippen LogP contribution in [-0.2, 0) is 0 Å². The van der Waals surface area contributed by atoms with Crippen LogP contribution in [0.1, 0.15) is 154 Å².